The molecule has 112 valence electrons. The van der Waals surface area contributed by atoms with Crippen LogP contribution in [0.4, 0.5) is 0 Å². The smallest absolute Gasteiger partial charge is 0.181 e. The minimum Gasteiger partial charge on any atom is -0.493 e. The van der Waals surface area contributed by atoms with Crippen LogP contribution in [-0.2, 0) is 9.84 Å². The highest BCUT2D eigenvalue weighted by molar-refractivity contribution is 7.92. The Balaban J connectivity index is 2.86. The molecule has 20 heavy (non-hydrogen) atoms. The summed E-state index contributed by atoms with van der Waals surface area (Å²) in [7, 11) is -3.38. The van der Waals surface area contributed by atoms with E-state index in [0.717, 1.165) is 6.42 Å². The molecule has 1 aromatic rings. The molecule has 0 N–H and O–H groups in total. The molecule has 0 fully saturated rings. The fraction of sp³-hybridized carbons (Fsp3) is 0.533. The molecule has 0 amide bonds. The number of benzene rings is 1. The summed E-state index contributed by atoms with van der Waals surface area (Å²) in [5.41, 5.74) is 0.335. The summed E-state index contributed by atoms with van der Waals surface area (Å²) in [5.74, 6) is -0.306. The van der Waals surface area contributed by atoms with Gasteiger partial charge in [-0.3, -0.25) is 4.79 Å². The predicted molar refractivity (Wildman–Crippen MR) is 80.1 cm³/mol. The maximum absolute atomic E-state index is 12.2. The van der Waals surface area contributed by atoms with Gasteiger partial charge < -0.3 is 4.74 Å². The molecule has 0 heterocycles. The molecule has 1 aromatic carbocycles. The lowest BCUT2D eigenvalue weighted by Crippen LogP contribution is -2.22. The van der Waals surface area contributed by atoms with Crippen LogP contribution in [0.2, 0.25) is 0 Å². The minimum atomic E-state index is -3.38. The maximum Gasteiger partial charge on any atom is 0.181 e. The van der Waals surface area contributed by atoms with Gasteiger partial charge in [-0.05, 0) is 25.0 Å². The van der Waals surface area contributed by atoms with Crippen molar-refractivity contribution in [3.63, 3.8) is 0 Å². The summed E-state index contributed by atoms with van der Waals surface area (Å²) in [6.07, 6.45) is 0.781. The van der Waals surface area contributed by atoms with Crippen molar-refractivity contribution >= 4 is 15.6 Å². The molecule has 1 unspecified atom stereocenters. The van der Waals surface area contributed by atoms with Gasteiger partial charge in [-0.1, -0.05) is 32.4 Å². The molecule has 0 radical (unpaired) electrons. The summed E-state index contributed by atoms with van der Waals surface area (Å²) in [6.45, 7) is 6.06. The second-order valence-corrected chi connectivity index (χ2v) is 7.03. The van der Waals surface area contributed by atoms with E-state index >= 15 is 0 Å². The summed E-state index contributed by atoms with van der Waals surface area (Å²) in [6, 6.07) is 6.75. The van der Waals surface area contributed by atoms with Gasteiger partial charge in [-0.15, -0.1) is 0 Å². The Morgan fingerprint density at radius 1 is 1.25 bits per heavy atom. The van der Waals surface area contributed by atoms with Gasteiger partial charge in [-0.25, -0.2) is 8.42 Å². The van der Waals surface area contributed by atoms with Crippen LogP contribution < -0.4 is 4.74 Å². The Kier molecular flexibility index (Phi) is 6.20. The van der Waals surface area contributed by atoms with Crippen molar-refractivity contribution in [1.82, 2.24) is 0 Å². The van der Waals surface area contributed by atoms with Gasteiger partial charge in [0.15, 0.2) is 15.6 Å². The molecule has 0 spiro atoms. The van der Waals surface area contributed by atoms with E-state index in [1.165, 1.54) is 0 Å². The van der Waals surface area contributed by atoms with Crippen LogP contribution in [0.25, 0.3) is 0 Å². The molecule has 0 saturated carbocycles. The lowest BCUT2D eigenvalue weighted by molar-refractivity contribution is 0.101. The molecular formula is C15H22O4S. The van der Waals surface area contributed by atoms with Crippen molar-refractivity contribution in [3.8, 4) is 5.75 Å². The molecule has 0 aromatic heterocycles. The highest BCUT2D eigenvalue weighted by Crippen LogP contribution is 2.19. The number of ether oxygens (including phenoxy) is 1. The van der Waals surface area contributed by atoms with Crippen molar-refractivity contribution in [2.45, 2.75) is 27.2 Å². The monoisotopic (exact) mass is 298 g/mol. The summed E-state index contributed by atoms with van der Waals surface area (Å²) < 4.78 is 29.3. The highest BCUT2D eigenvalue weighted by atomic mass is 32.2. The van der Waals surface area contributed by atoms with Crippen molar-refractivity contribution in [2.24, 2.45) is 5.92 Å². The second-order valence-electron chi connectivity index (χ2n) is 4.92. The van der Waals surface area contributed by atoms with E-state index in [1.807, 2.05) is 20.8 Å². The van der Waals surface area contributed by atoms with Gasteiger partial charge in [0.1, 0.15) is 11.5 Å². The van der Waals surface area contributed by atoms with Gasteiger partial charge >= 0.3 is 0 Å². The van der Waals surface area contributed by atoms with Crippen molar-refractivity contribution in [1.29, 1.82) is 0 Å². The summed E-state index contributed by atoms with van der Waals surface area (Å²) in [4.78, 5) is 12.2. The zero-order valence-electron chi connectivity index (χ0n) is 12.3. The topological polar surface area (TPSA) is 60.4 Å². The number of rotatable bonds is 8. The molecule has 0 aliphatic carbocycles. The third-order valence-electron chi connectivity index (χ3n) is 3.07. The van der Waals surface area contributed by atoms with E-state index in [2.05, 4.69) is 0 Å². The Bertz CT molecular complexity index is 549. The van der Waals surface area contributed by atoms with E-state index in [1.54, 1.807) is 24.3 Å². The fourth-order valence-electron chi connectivity index (χ4n) is 1.87. The number of sulfone groups is 1. The van der Waals surface area contributed by atoms with E-state index in [0.29, 0.717) is 17.9 Å². The van der Waals surface area contributed by atoms with E-state index in [9.17, 15) is 13.2 Å². The van der Waals surface area contributed by atoms with Crippen LogP contribution in [-0.4, -0.2) is 32.3 Å². The Morgan fingerprint density at radius 2 is 1.90 bits per heavy atom. The molecule has 1 rings (SSSR count). The molecule has 0 bridgehead atoms. The maximum atomic E-state index is 12.2. The number of Topliss-reactive ketones (excluding diaryl/α,β-unsaturated/α-hetero) is 1. The lowest BCUT2D eigenvalue weighted by atomic mass is 10.1. The predicted octanol–water partition coefficient (Wildman–Crippen LogP) is 2.73. The van der Waals surface area contributed by atoms with Crippen LogP contribution in [0.3, 0.4) is 0 Å². The molecule has 1 atom stereocenters. The first-order valence-electron chi connectivity index (χ1n) is 6.85. The molecule has 0 aliphatic rings. The first kappa shape index (κ1) is 16.7. The highest BCUT2D eigenvalue weighted by Gasteiger charge is 2.22. The Hall–Kier alpha value is -1.36. The first-order chi connectivity index (χ1) is 9.39. The van der Waals surface area contributed by atoms with Crippen LogP contribution in [0, 0.1) is 5.92 Å². The van der Waals surface area contributed by atoms with Crippen molar-refractivity contribution < 1.29 is 17.9 Å². The number of hydrogen-bond donors (Lipinski definition) is 0. The van der Waals surface area contributed by atoms with E-state index in [4.69, 9.17) is 4.74 Å². The largest absolute Gasteiger partial charge is 0.493 e. The normalized spacial score (nSPS) is 12.9. The van der Waals surface area contributed by atoms with E-state index in [-0.39, 0.29) is 11.7 Å². The quantitative estimate of drug-likeness (QED) is 0.692. The van der Waals surface area contributed by atoms with Gasteiger partial charge in [0.25, 0.3) is 0 Å². The number of para-hydroxylation sites is 1. The Labute approximate surface area is 121 Å². The Morgan fingerprint density at radius 3 is 2.50 bits per heavy atom. The summed E-state index contributed by atoms with van der Waals surface area (Å²) >= 11 is 0. The second kappa shape index (κ2) is 7.43. The number of ketones is 1. The van der Waals surface area contributed by atoms with Gasteiger partial charge in [0.05, 0.1) is 17.9 Å². The van der Waals surface area contributed by atoms with Crippen molar-refractivity contribution in [2.75, 3.05) is 18.1 Å². The first-order valence-corrected chi connectivity index (χ1v) is 8.67. The third-order valence-corrected chi connectivity index (χ3v) is 4.85. The minimum absolute atomic E-state index is 0.0477. The zero-order valence-corrected chi connectivity index (χ0v) is 13.1. The average Bonchev–Trinajstić information content (AvgIpc) is 2.38. The number of hydrogen-bond acceptors (Lipinski definition) is 4. The van der Waals surface area contributed by atoms with Gasteiger partial charge in [0, 0.05) is 0 Å². The number of carbonyl (C=O) groups is 1. The average molecular weight is 298 g/mol. The van der Waals surface area contributed by atoms with Crippen LogP contribution in [0.5, 0.6) is 5.75 Å². The fourth-order valence-corrected chi connectivity index (χ4v) is 3.64. The molecule has 5 heteroatoms. The summed E-state index contributed by atoms with van der Waals surface area (Å²) in [5, 5.41) is 0. The molecule has 0 saturated heterocycles. The van der Waals surface area contributed by atoms with Crippen LogP contribution in [0.15, 0.2) is 24.3 Å². The SMILES string of the molecule is CCOc1ccccc1C(=O)CS(=O)(=O)CC(C)CC. The third kappa shape index (κ3) is 4.96. The van der Waals surface area contributed by atoms with E-state index < -0.39 is 21.4 Å². The number of carbonyl (C=O) groups excluding carboxylic acids is 1. The molecular weight excluding hydrogens is 276 g/mol. The zero-order chi connectivity index (χ0) is 15.2. The van der Waals surface area contributed by atoms with Crippen LogP contribution >= 0.6 is 0 Å². The van der Waals surface area contributed by atoms with Gasteiger partial charge in [0.2, 0.25) is 0 Å². The molecule has 4 nitrogen and oxygen atoms in total. The molecule has 0 aliphatic heterocycles. The van der Waals surface area contributed by atoms with Crippen molar-refractivity contribution in [3.05, 3.63) is 29.8 Å². The van der Waals surface area contributed by atoms with Crippen LogP contribution in [0.1, 0.15) is 37.6 Å². The van der Waals surface area contributed by atoms with Gasteiger partial charge in [-0.2, -0.15) is 0 Å². The standard InChI is InChI=1S/C15H22O4S/c1-4-12(3)10-20(17,18)11-14(16)13-8-6-7-9-15(13)19-5-2/h6-9,12H,4-5,10-11H2,1-3H3. The lowest BCUT2D eigenvalue weighted by Gasteiger charge is -2.11.